The fourth-order valence-corrected chi connectivity index (χ4v) is 2.10. The van der Waals surface area contributed by atoms with E-state index in [0.29, 0.717) is 16.5 Å². The topological polar surface area (TPSA) is 67.5 Å². The quantitative estimate of drug-likeness (QED) is 0.861. The Hall–Kier alpha value is -1.94. The van der Waals surface area contributed by atoms with Gasteiger partial charge in [-0.05, 0) is 23.1 Å². The number of aliphatic hydroxyl groups is 1. The maximum absolute atomic E-state index is 12.2. The molecule has 0 saturated heterocycles. The Morgan fingerprint density at radius 2 is 2.00 bits per heavy atom. The van der Waals surface area contributed by atoms with Gasteiger partial charge in [-0.1, -0.05) is 19.9 Å². The Morgan fingerprint density at radius 3 is 2.53 bits per heavy atom. The summed E-state index contributed by atoms with van der Waals surface area (Å²) in [6, 6.07) is 4.64. The third-order valence-electron chi connectivity index (χ3n) is 3.07. The maximum atomic E-state index is 12.2. The first kappa shape index (κ1) is 13.5. The van der Waals surface area contributed by atoms with Crippen molar-refractivity contribution in [3.8, 4) is 0 Å². The van der Waals surface area contributed by atoms with Gasteiger partial charge >= 0.3 is 0 Å². The van der Waals surface area contributed by atoms with Crippen LogP contribution < -0.4 is 5.43 Å². The molecule has 0 saturated carbocycles. The molecule has 2 rings (SSSR count). The molecule has 1 aromatic heterocycles. The molecular weight excluding hydrogens is 244 g/mol. The molecule has 0 fully saturated rings. The molecule has 0 atom stereocenters. The highest BCUT2D eigenvalue weighted by molar-refractivity contribution is 5.93. The molecule has 2 aromatic rings. The lowest BCUT2D eigenvalue weighted by atomic mass is 9.96. The van der Waals surface area contributed by atoms with Crippen molar-refractivity contribution >= 4 is 16.8 Å². The second-order valence-corrected chi connectivity index (χ2v) is 4.90. The van der Waals surface area contributed by atoms with E-state index in [0.717, 1.165) is 5.56 Å². The Kier molecular flexibility index (Phi) is 3.53. The summed E-state index contributed by atoms with van der Waals surface area (Å²) in [4.78, 5) is 23.5. The highest BCUT2D eigenvalue weighted by atomic mass is 16.3. The number of fused-ring (bicyclic) bond motifs is 1. The van der Waals surface area contributed by atoms with Gasteiger partial charge in [-0.15, -0.1) is 0 Å². The number of hydrogen-bond acceptors (Lipinski definition) is 4. The standard InChI is InChI=1S/C15H16O4/c1-8(2)11-4-10(7-16)5-14-15(11)12(18)6-13(19-14)9(3)17/h4-6,8,16H,7H2,1-3H3. The van der Waals surface area contributed by atoms with Gasteiger partial charge in [-0.3, -0.25) is 9.59 Å². The lowest BCUT2D eigenvalue weighted by molar-refractivity contribution is 0.0988. The lowest BCUT2D eigenvalue weighted by Gasteiger charge is -2.11. The molecule has 0 amide bonds. The molecule has 0 bridgehead atoms. The monoisotopic (exact) mass is 260 g/mol. The molecule has 1 heterocycles. The summed E-state index contributed by atoms with van der Waals surface area (Å²) in [6.45, 7) is 5.15. The van der Waals surface area contributed by atoms with Crippen LogP contribution in [0.5, 0.6) is 0 Å². The van der Waals surface area contributed by atoms with Crippen LogP contribution in [0.2, 0.25) is 0 Å². The van der Waals surface area contributed by atoms with Crippen LogP contribution in [0.3, 0.4) is 0 Å². The molecule has 1 aromatic carbocycles. The van der Waals surface area contributed by atoms with Crippen LogP contribution in [-0.4, -0.2) is 10.9 Å². The van der Waals surface area contributed by atoms with Gasteiger partial charge in [0.1, 0.15) is 5.58 Å². The summed E-state index contributed by atoms with van der Waals surface area (Å²) in [5, 5.41) is 9.75. The number of ketones is 1. The van der Waals surface area contributed by atoms with Gasteiger partial charge in [0.05, 0.1) is 12.0 Å². The molecular formula is C15H16O4. The third-order valence-corrected chi connectivity index (χ3v) is 3.07. The second kappa shape index (κ2) is 4.97. The van der Waals surface area contributed by atoms with Crippen LogP contribution in [0.4, 0.5) is 0 Å². The van der Waals surface area contributed by atoms with E-state index in [-0.39, 0.29) is 29.5 Å². The van der Waals surface area contributed by atoms with Gasteiger partial charge < -0.3 is 9.52 Å². The van der Waals surface area contributed by atoms with Crippen LogP contribution in [0, 0.1) is 0 Å². The van der Waals surface area contributed by atoms with Crippen molar-refractivity contribution in [1.29, 1.82) is 0 Å². The van der Waals surface area contributed by atoms with Crippen molar-refractivity contribution in [1.82, 2.24) is 0 Å². The Labute approximate surface area is 110 Å². The van der Waals surface area contributed by atoms with Crippen molar-refractivity contribution in [3.63, 3.8) is 0 Å². The average Bonchev–Trinajstić information content (AvgIpc) is 2.36. The summed E-state index contributed by atoms with van der Waals surface area (Å²) in [5.41, 5.74) is 1.62. The zero-order chi connectivity index (χ0) is 14.2. The molecule has 0 unspecified atom stereocenters. The van der Waals surface area contributed by atoms with Crippen LogP contribution in [0.1, 0.15) is 48.4 Å². The molecule has 0 aliphatic carbocycles. The van der Waals surface area contributed by atoms with Crippen molar-refractivity contribution < 1.29 is 14.3 Å². The number of benzene rings is 1. The van der Waals surface area contributed by atoms with E-state index in [9.17, 15) is 14.7 Å². The first-order chi connectivity index (χ1) is 8.93. The van der Waals surface area contributed by atoms with Crippen molar-refractivity contribution in [3.05, 3.63) is 45.3 Å². The summed E-state index contributed by atoms with van der Waals surface area (Å²) >= 11 is 0. The third kappa shape index (κ3) is 2.44. The van der Waals surface area contributed by atoms with E-state index in [1.165, 1.54) is 13.0 Å². The molecule has 0 radical (unpaired) electrons. The highest BCUT2D eigenvalue weighted by Gasteiger charge is 2.15. The minimum Gasteiger partial charge on any atom is -0.453 e. The van der Waals surface area contributed by atoms with E-state index in [2.05, 4.69) is 0 Å². The lowest BCUT2D eigenvalue weighted by Crippen LogP contribution is -2.08. The Morgan fingerprint density at radius 1 is 1.32 bits per heavy atom. The number of Topliss-reactive ketones (excluding diaryl/α,β-unsaturated/α-hetero) is 1. The van der Waals surface area contributed by atoms with Gasteiger partial charge in [0, 0.05) is 13.0 Å². The number of rotatable bonds is 3. The zero-order valence-corrected chi connectivity index (χ0v) is 11.2. The molecule has 0 aliphatic rings. The Bertz CT molecular complexity index is 695. The maximum Gasteiger partial charge on any atom is 0.195 e. The molecule has 0 aliphatic heterocycles. The van der Waals surface area contributed by atoms with Gasteiger partial charge in [-0.2, -0.15) is 0 Å². The molecule has 19 heavy (non-hydrogen) atoms. The minimum atomic E-state index is -0.292. The average molecular weight is 260 g/mol. The van der Waals surface area contributed by atoms with Crippen molar-refractivity contribution in [2.45, 2.75) is 33.3 Å². The first-order valence-corrected chi connectivity index (χ1v) is 6.16. The predicted octanol–water partition coefficient (Wildman–Crippen LogP) is 2.61. The number of aliphatic hydroxyl groups excluding tert-OH is 1. The van der Waals surface area contributed by atoms with Crippen LogP contribution in [-0.2, 0) is 6.61 Å². The summed E-state index contributed by atoms with van der Waals surface area (Å²) < 4.78 is 5.48. The van der Waals surface area contributed by atoms with Gasteiger partial charge in [0.25, 0.3) is 0 Å². The van der Waals surface area contributed by atoms with E-state index in [1.54, 1.807) is 12.1 Å². The smallest absolute Gasteiger partial charge is 0.195 e. The fourth-order valence-electron chi connectivity index (χ4n) is 2.10. The summed E-state index contributed by atoms with van der Waals surface area (Å²) in [7, 11) is 0. The number of carbonyl (C=O) groups excluding carboxylic acids is 1. The minimum absolute atomic E-state index is 0.0438. The largest absolute Gasteiger partial charge is 0.453 e. The normalized spacial score (nSPS) is 11.2. The first-order valence-electron chi connectivity index (χ1n) is 6.16. The van der Waals surface area contributed by atoms with Crippen molar-refractivity contribution in [2.75, 3.05) is 0 Å². The highest BCUT2D eigenvalue weighted by Crippen LogP contribution is 2.25. The molecule has 100 valence electrons. The van der Waals surface area contributed by atoms with Crippen LogP contribution >= 0.6 is 0 Å². The van der Waals surface area contributed by atoms with Crippen LogP contribution in [0.15, 0.2) is 27.4 Å². The SMILES string of the molecule is CC(=O)c1cc(=O)c2c(C(C)C)cc(CO)cc2o1. The van der Waals surface area contributed by atoms with Crippen LogP contribution in [0.25, 0.3) is 11.0 Å². The van der Waals surface area contributed by atoms with E-state index < -0.39 is 0 Å². The summed E-state index contributed by atoms with van der Waals surface area (Å²) in [6.07, 6.45) is 0. The summed E-state index contributed by atoms with van der Waals surface area (Å²) in [5.74, 6) is -0.123. The molecule has 0 spiro atoms. The van der Waals surface area contributed by atoms with E-state index in [4.69, 9.17) is 4.42 Å². The molecule has 4 heteroatoms. The molecule has 4 nitrogen and oxygen atoms in total. The van der Waals surface area contributed by atoms with E-state index in [1.807, 2.05) is 13.8 Å². The van der Waals surface area contributed by atoms with E-state index >= 15 is 0 Å². The number of hydrogen-bond donors (Lipinski definition) is 1. The molecule has 1 N–H and O–H groups in total. The van der Waals surface area contributed by atoms with Gasteiger partial charge in [0.2, 0.25) is 0 Å². The van der Waals surface area contributed by atoms with Gasteiger partial charge in [-0.25, -0.2) is 0 Å². The second-order valence-electron chi connectivity index (χ2n) is 4.90. The van der Waals surface area contributed by atoms with Crippen molar-refractivity contribution in [2.24, 2.45) is 0 Å². The fraction of sp³-hybridized carbons (Fsp3) is 0.333. The van der Waals surface area contributed by atoms with Gasteiger partial charge in [0.15, 0.2) is 17.0 Å². The predicted molar refractivity (Wildman–Crippen MR) is 72.5 cm³/mol. The Balaban J connectivity index is 2.89. The zero-order valence-electron chi connectivity index (χ0n) is 11.2. The number of carbonyl (C=O) groups is 1.